The molecule has 8 nitrogen and oxygen atoms in total. The quantitative estimate of drug-likeness (QED) is 0.0243. The zero-order valence-corrected chi connectivity index (χ0v) is 46.9. The third-order valence-electron chi connectivity index (χ3n) is 12.4. The Morgan fingerprint density at radius 1 is 0.514 bits per heavy atom. The van der Waals surface area contributed by atoms with Crippen molar-refractivity contribution in [2.45, 2.75) is 244 Å². The van der Waals surface area contributed by atoms with E-state index in [1.54, 1.807) is 6.08 Å². The molecule has 70 heavy (non-hydrogen) atoms. The minimum Gasteiger partial charge on any atom is -0.387 e. The molecule has 0 aromatic rings. The van der Waals surface area contributed by atoms with Crippen molar-refractivity contribution in [2.24, 2.45) is 0 Å². The van der Waals surface area contributed by atoms with Crippen molar-refractivity contribution in [3.8, 4) is 0 Å². The topological polar surface area (TPSA) is 105 Å². The van der Waals surface area contributed by atoms with Crippen molar-refractivity contribution in [1.82, 2.24) is 5.32 Å². The van der Waals surface area contributed by atoms with Crippen LogP contribution >= 0.6 is 7.82 Å². The Labute approximate surface area is 432 Å². The predicted octanol–water partition coefficient (Wildman–Crippen LogP) is 17.4. The van der Waals surface area contributed by atoms with Crippen LogP contribution in [0.15, 0.2) is 97.2 Å². The lowest BCUT2D eigenvalue weighted by atomic mass is 10.0. The summed E-state index contributed by atoms with van der Waals surface area (Å²) in [5.74, 6) is -0.194. The minimum absolute atomic E-state index is 0.0512. The molecule has 0 bridgehead atoms. The largest absolute Gasteiger partial charge is 0.472 e. The van der Waals surface area contributed by atoms with E-state index in [1.807, 2.05) is 34.1 Å². The van der Waals surface area contributed by atoms with Gasteiger partial charge in [-0.2, -0.15) is 0 Å². The van der Waals surface area contributed by atoms with Gasteiger partial charge in [-0.15, -0.1) is 0 Å². The van der Waals surface area contributed by atoms with E-state index in [-0.39, 0.29) is 19.1 Å². The molecule has 0 aliphatic carbocycles. The lowest BCUT2D eigenvalue weighted by molar-refractivity contribution is -0.870. The summed E-state index contributed by atoms with van der Waals surface area (Å²) in [7, 11) is 1.54. The molecule has 0 saturated carbocycles. The zero-order valence-electron chi connectivity index (χ0n) is 46.0. The first kappa shape index (κ1) is 67.4. The van der Waals surface area contributed by atoms with Gasteiger partial charge in [0.25, 0.3) is 0 Å². The second kappa shape index (κ2) is 51.3. The number of amides is 1. The van der Waals surface area contributed by atoms with E-state index in [0.29, 0.717) is 17.4 Å². The number of unbranched alkanes of at least 4 members (excludes halogenated alkanes) is 25. The van der Waals surface area contributed by atoms with Gasteiger partial charge in [0.05, 0.1) is 39.9 Å². The maximum Gasteiger partial charge on any atom is 0.472 e. The molecule has 0 spiro atoms. The molecule has 1 amide bonds. The molecule has 3 N–H and O–H groups in total. The summed E-state index contributed by atoms with van der Waals surface area (Å²) in [6.45, 7) is 4.43. The Hall–Kier alpha value is -2.58. The third-order valence-corrected chi connectivity index (χ3v) is 13.3. The normalized spacial score (nSPS) is 14.7. The minimum atomic E-state index is -4.35. The summed E-state index contributed by atoms with van der Waals surface area (Å²) in [5.41, 5.74) is 0. The molecule has 3 atom stereocenters. The van der Waals surface area contributed by atoms with Crippen molar-refractivity contribution >= 4 is 13.7 Å². The van der Waals surface area contributed by atoms with Gasteiger partial charge in [0.1, 0.15) is 13.2 Å². The van der Waals surface area contributed by atoms with E-state index in [1.165, 1.54) is 135 Å². The van der Waals surface area contributed by atoms with Crippen molar-refractivity contribution in [3.05, 3.63) is 97.2 Å². The molecule has 0 aromatic carbocycles. The van der Waals surface area contributed by atoms with E-state index < -0.39 is 20.0 Å². The molecular formula is C61H110N2O6P+. The first-order chi connectivity index (χ1) is 34.0. The highest BCUT2D eigenvalue weighted by Gasteiger charge is 2.27. The SMILES string of the molecule is C/C=C/CC/C=C/CC/C=C/C(O)C(COP(=O)(O)OCC[N+](C)(C)C)NC(=O)CCCCCCCCCCCCCCCCCCCCCCCCC/C=C\C/C=C\C/C=C\C/C=C\C/C=C\CC. The molecule has 0 aliphatic rings. The fourth-order valence-corrected chi connectivity index (χ4v) is 8.67. The Morgan fingerprint density at radius 3 is 1.31 bits per heavy atom. The van der Waals surface area contributed by atoms with Gasteiger partial charge in [0.2, 0.25) is 5.91 Å². The van der Waals surface area contributed by atoms with Crippen LogP contribution in [-0.2, 0) is 18.4 Å². The number of likely N-dealkylation sites (N-methyl/N-ethyl adjacent to an activating group) is 1. The highest BCUT2D eigenvalue weighted by atomic mass is 31.2. The van der Waals surface area contributed by atoms with Gasteiger partial charge in [0.15, 0.2) is 0 Å². The van der Waals surface area contributed by atoms with Crippen molar-refractivity contribution < 1.29 is 32.9 Å². The molecular weight excluding hydrogens is 888 g/mol. The first-order valence-electron chi connectivity index (χ1n) is 28.6. The van der Waals surface area contributed by atoms with E-state index in [0.717, 1.165) is 77.0 Å². The molecule has 0 saturated heterocycles. The first-order valence-corrected chi connectivity index (χ1v) is 30.1. The van der Waals surface area contributed by atoms with Crippen LogP contribution < -0.4 is 5.32 Å². The van der Waals surface area contributed by atoms with Gasteiger partial charge < -0.3 is 19.8 Å². The molecule has 0 fully saturated rings. The van der Waals surface area contributed by atoms with Crippen molar-refractivity contribution in [3.63, 3.8) is 0 Å². The van der Waals surface area contributed by atoms with E-state index in [2.05, 4.69) is 97.3 Å². The summed E-state index contributed by atoms with van der Waals surface area (Å²) >= 11 is 0. The Bertz CT molecular complexity index is 1460. The average molecular weight is 999 g/mol. The van der Waals surface area contributed by atoms with Crippen LogP contribution in [0.25, 0.3) is 0 Å². The average Bonchev–Trinajstić information content (AvgIpc) is 3.32. The summed E-state index contributed by atoms with van der Waals surface area (Å²) in [4.78, 5) is 23.1. The second-order valence-corrected chi connectivity index (χ2v) is 21.7. The number of nitrogens with zero attached hydrogens (tertiary/aromatic N) is 1. The maximum absolute atomic E-state index is 12.9. The molecule has 3 unspecified atom stereocenters. The lowest BCUT2D eigenvalue weighted by Gasteiger charge is -2.25. The Morgan fingerprint density at radius 2 is 0.886 bits per heavy atom. The number of nitrogens with one attached hydrogen (secondary N) is 1. The summed E-state index contributed by atoms with van der Waals surface area (Å²) in [5, 5.41) is 13.8. The smallest absolute Gasteiger partial charge is 0.387 e. The van der Waals surface area contributed by atoms with E-state index in [4.69, 9.17) is 9.05 Å². The monoisotopic (exact) mass is 998 g/mol. The van der Waals surface area contributed by atoms with E-state index in [9.17, 15) is 19.4 Å². The highest BCUT2D eigenvalue weighted by molar-refractivity contribution is 7.47. The van der Waals surface area contributed by atoms with E-state index >= 15 is 0 Å². The number of phosphoric acid groups is 1. The molecule has 0 aromatic heterocycles. The Kier molecular flexibility index (Phi) is 49.4. The fourth-order valence-electron chi connectivity index (χ4n) is 7.93. The van der Waals surface area contributed by atoms with Crippen LogP contribution in [0.1, 0.15) is 232 Å². The van der Waals surface area contributed by atoms with Gasteiger partial charge in [-0.1, -0.05) is 239 Å². The van der Waals surface area contributed by atoms with Crippen LogP contribution in [0, 0.1) is 0 Å². The molecule has 0 heterocycles. The summed E-state index contributed by atoms with van der Waals surface area (Å²) < 4.78 is 23.5. The standard InChI is InChI=1S/C61H109N2O6P/c1-6-8-10-12-14-16-17-18-19-20-21-22-23-24-25-26-27-28-29-30-31-32-33-34-35-36-37-38-39-40-41-42-43-44-45-47-49-51-53-55-61(65)62-59(58-69-70(66,67)68-57-56-63(3,4)5)60(64)54-52-50-48-46-15-13-11-9-7-2/h7-10,14-16,18-19,21-22,24-25,46,52,54,59-60,64H,6,11-13,17,20,23,26-45,47-51,53,55-58H2,1-5H3,(H-,62,65,66,67)/p+1/b9-7+,10-8-,16-14-,19-18-,22-21-,25-24-,46-15+,54-52+. The van der Waals surface area contributed by atoms with Crippen LogP contribution in [0.4, 0.5) is 0 Å². The van der Waals surface area contributed by atoms with Gasteiger partial charge in [0, 0.05) is 6.42 Å². The number of hydrogen-bond donors (Lipinski definition) is 3. The number of phosphoric ester groups is 1. The van der Waals surface area contributed by atoms with Crippen molar-refractivity contribution in [2.75, 3.05) is 40.9 Å². The van der Waals surface area contributed by atoms with Crippen molar-refractivity contribution in [1.29, 1.82) is 0 Å². The summed E-state index contributed by atoms with van der Waals surface area (Å²) in [6, 6.07) is -0.870. The van der Waals surface area contributed by atoms with Gasteiger partial charge >= 0.3 is 7.82 Å². The predicted molar refractivity (Wildman–Crippen MR) is 304 cm³/mol. The third kappa shape index (κ3) is 53.2. The molecule has 0 radical (unpaired) electrons. The molecule has 404 valence electrons. The highest BCUT2D eigenvalue weighted by Crippen LogP contribution is 2.43. The fraction of sp³-hybridized carbons (Fsp3) is 0.721. The second-order valence-electron chi connectivity index (χ2n) is 20.3. The number of allylic oxidation sites excluding steroid dienone is 15. The molecule has 9 heteroatoms. The Balaban J connectivity index is 3.85. The number of carbonyl (C=O) groups excluding carboxylic acids is 1. The number of rotatable bonds is 51. The number of quaternary nitrogens is 1. The number of aliphatic hydroxyl groups excluding tert-OH is 1. The van der Waals surface area contributed by atoms with Gasteiger partial charge in [-0.3, -0.25) is 13.8 Å². The number of aliphatic hydroxyl groups is 1. The molecule has 0 aliphatic heterocycles. The zero-order chi connectivity index (χ0) is 51.3. The summed E-state index contributed by atoms with van der Waals surface area (Å²) in [6.07, 6.45) is 74.3. The van der Waals surface area contributed by atoms with Gasteiger partial charge in [-0.05, 0) is 84.0 Å². The number of carbonyl (C=O) groups is 1. The van der Waals surface area contributed by atoms with Gasteiger partial charge in [-0.25, -0.2) is 4.57 Å². The van der Waals surface area contributed by atoms with Crippen LogP contribution in [0.3, 0.4) is 0 Å². The number of hydrogen-bond acceptors (Lipinski definition) is 5. The van der Waals surface area contributed by atoms with Crippen LogP contribution in [0.2, 0.25) is 0 Å². The van der Waals surface area contributed by atoms with Crippen LogP contribution in [-0.4, -0.2) is 73.4 Å². The molecule has 0 rings (SSSR count). The van der Waals surface area contributed by atoms with Crippen LogP contribution in [0.5, 0.6) is 0 Å². The lowest BCUT2D eigenvalue weighted by Crippen LogP contribution is -2.45. The maximum atomic E-state index is 12.9.